The van der Waals surface area contributed by atoms with E-state index in [2.05, 4.69) is 27.0 Å². The van der Waals surface area contributed by atoms with E-state index in [1.165, 1.54) is 0 Å². The van der Waals surface area contributed by atoms with Gasteiger partial charge in [0, 0.05) is 30.9 Å². The molecule has 2 N–H and O–H groups in total. The monoisotopic (exact) mass is 447 g/mol. The highest BCUT2D eigenvalue weighted by Crippen LogP contribution is 2.38. The fourth-order valence-electron chi connectivity index (χ4n) is 4.29. The summed E-state index contributed by atoms with van der Waals surface area (Å²) in [5, 5.41) is 12.4. The van der Waals surface area contributed by atoms with Crippen LogP contribution in [0.4, 0.5) is 11.8 Å². The van der Waals surface area contributed by atoms with Crippen molar-refractivity contribution in [2.75, 3.05) is 29.9 Å². The molecule has 2 aliphatic rings. The smallest absolute Gasteiger partial charge is 0.228 e. The Hall–Kier alpha value is -1.90. The molecule has 0 saturated carbocycles. The van der Waals surface area contributed by atoms with Crippen LogP contribution in [0.3, 0.4) is 0 Å². The molecule has 9 heteroatoms. The van der Waals surface area contributed by atoms with E-state index < -0.39 is 0 Å². The van der Waals surface area contributed by atoms with Crippen molar-refractivity contribution in [1.29, 1.82) is 0 Å². The van der Waals surface area contributed by atoms with Gasteiger partial charge in [-0.25, -0.2) is 4.98 Å². The molecule has 5 rings (SSSR count). The number of nitrogens with one attached hydrogen (secondary N) is 2. The van der Waals surface area contributed by atoms with Crippen LogP contribution in [-0.4, -0.2) is 35.5 Å². The Bertz CT molecular complexity index is 1050. The maximum atomic E-state index is 11.8. The maximum Gasteiger partial charge on any atom is 0.228 e. The number of hydrogen-bond acceptors (Lipinski definition) is 7. The molecule has 5 heterocycles. The first-order valence-corrected chi connectivity index (χ1v) is 12.0. The molecule has 1 atom stereocenters. The van der Waals surface area contributed by atoms with E-state index in [-0.39, 0.29) is 11.3 Å². The van der Waals surface area contributed by atoms with Crippen molar-refractivity contribution in [2.24, 2.45) is 5.41 Å². The number of aromatic nitrogens is 2. The van der Waals surface area contributed by atoms with Crippen LogP contribution in [0.5, 0.6) is 0 Å². The van der Waals surface area contributed by atoms with E-state index in [0.717, 1.165) is 70.8 Å². The van der Waals surface area contributed by atoms with Crippen LogP contribution in [-0.2, 0) is 11.3 Å². The van der Waals surface area contributed by atoms with Gasteiger partial charge in [-0.05, 0) is 47.6 Å². The van der Waals surface area contributed by atoms with Crippen molar-refractivity contribution in [2.45, 2.75) is 32.2 Å². The van der Waals surface area contributed by atoms with Crippen LogP contribution < -0.4 is 15.5 Å². The molecule has 0 radical (unpaired) electrons. The molecule has 1 spiro atoms. The molecule has 29 heavy (non-hydrogen) atoms. The fourth-order valence-corrected chi connectivity index (χ4v) is 6.10. The molecule has 1 amide bonds. The second-order valence-electron chi connectivity index (χ2n) is 7.85. The van der Waals surface area contributed by atoms with Crippen LogP contribution in [0, 0.1) is 5.41 Å². The van der Waals surface area contributed by atoms with Crippen LogP contribution in [0.15, 0.2) is 22.9 Å². The Morgan fingerprint density at radius 2 is 2.10 bits per heavy atom. The summed E-state index contributed by atoms with van der Waals surface area (Å²) in [6.45, 7) is 3.25. The molecular weight excluding hydrogens is 426 g/mol. The predicted octanol–water partition coefficient (Wildman–Crippen LogP) is 4.51. The van der Waals surface area contributed by atoms with E-state index in [9.17, 15) is 4.79 Å². The minimum atomic E-state index is 0.107. The summed E-state index contributed by atoms with van der Waals surface area (Å²) >= 11 is 9.52. The highest BCUT2D eigenvalue weighted by molar-refractivity contribution is 7.16. The number of hydrogen-bond donors (Lipinski definition) is 2. The number of carbonyl (C=O) groups excluding carboxylic acids is 1. The van der Waals surface area contributed by atoms with Crippen molar-refractivity contribution >= 4 is 62.2 Å². The molecule has 2 saturated heterocycles. The zero-order valence-corrected chi connectivity index (χ0v) is 18.3. The fraction of sp³-hybridized carbons (Fsp3) is 0.450. The summed E-state index contributed by atoms with van der Waals surface area (Å²) < 4.78 is 0. The van der Waals surface area contributed by atoms with E-state index in [4.69, 9.17) is 21.6 Å². The van der Waals surface area contributed by atoms with Gasteiger partial charge in [-0.1, -0.05) is 11.6 Å². The first-order valence-electron chi connectivity index (χ1n) is 9.85. The molecule has 1 unspecified atom stereocenters. The Labute approximate surface area is 182 Å². The first kappa shape index (κ1) is 19.1. The molecule has 6 nitrogen and oxygen atoms in total. The summed E-state index contributed by atoms with van der Waals surface area (Å²) in [4.78, 5) is 25.9. The summed E-state index contributed by atoms with van der Waals surface area (Å²) in [6, 6.07) is 3.99. The quantitative estimate of drug-likeness (QED) is 0.615. The van der Waals surface area contributed by atoms with Gasteiger partial charge < -0.3 is 15.5 Å². The molecule has 0 aliphatic carbocycles. The molecule has 3 aromatic heterocycles. The van der Waals surface area contributed by atoms with Gasteiger partial charge in [0.1, 0.15) is 10.6 Å². The third-order valence-corrected chi connectivity index (χ3v) is 8.14. The molecule has 0 aromatic carbocycles. The van der Waals surface area contributed by atoms with Crippen molar-refractivity contribution < 1.29 is 4.79 Å². The van der Waals surface area contributed by atoms with Crippen LogP contribution in [0.2, 0.25) is 5.02 Å². The molecule has 3 aromatic rings. The Kier molecular flexibility index (Phi) is 5.09. The van der Waals surface area contributed by atoms with E-state index >= 15 is 0 Å². The second kappa shape index (κ2) is 7.74. The largest absolute Gasteiger partial charge is 0.364 e. The minimum absolute atomic E-state index is 0.107. The topological polar surface area (TPSA) is 70.2 Å². The molecular formula is C20H22ClN5OS2. The first-order chi connectivity index (χ1) is 14.1. The summed E-state index contributed by atoms with van der Waals surface area (Å²) in [6.07, 6.45) is 3.77. The van der Waals surface area contributed by atoms with Crippen LogP contribution in [0.25, 0.3) is 10.2 Å². The van der Waals surface area contributed by atoms with Gasteiger partial charge in [0.15, 0.2) is 0 Å². The average Bonchev–Trinajstić information content (AvgIpc) is 3.39. The number of rotatable bonds is 4. The zero-order chi connectivity index (χ0) is 19.8. The number of fused-ring (bicyclic) bond motifs is 1. The summed E-state index contributed by atoms with van der Waals surface area (Å²) in [5.41, 5.74) is 0.107. The predicted molar refractivity (Wildman–Crippen MR) is 120 cm³/mol. The van der Waals surface area contributed by atoms with Crippen molar-refractivity contribution in [3.05, 3.63) is 32.8 Å². The average molecular weight is 448 g/mol. The lowest BCUT2D eigenvalue weighted by Crippen LogP contribution is -2.29. The van der Waals surface area contributed by atoms with Gasteiger partial charge in [-0.15, -0.1) is 22.7 Å². The van der Waals surface area contributed by atoms with Crippen LogP contribution >= 0.6 is 34.3 Å². The zero-order valence-electron chi connectivity index (χ0n) is 15.9. The van der Waals surface area contributed by atoms with Gasteiger partial charge >= 0.3 is 0 Å². The highest BCUT2D eigenvalue weighted by atomic mass is 35.5. The highest BCUT2D eigenvalue weighted by Gasteiger charge is 2.39. The lowest BCUT2D eigenvalue weighted by molar-refractivity contribution is -0.119. The number of thiophene rings is 2. The third-order valence-electron chi connectivity index (χ3n) is 5.95. The van der Waals surface area contributed by atoms with E-state index in [0.29, 0.717) is 13.0 Å². The van der Waals surface area contributed by atoms with Gasteiger partial charge in [-0.2, -0.15) is 4.98 Å². The maximum absolute atomic E-state index is 11.8. The van der Waals surface area contributed by atoms with E-state index in [1.54, 1.807) is 22.7 Å². The Morgan fingerprint density at radius 1 is 1.21 bits per heavy atom. The SMILES string of the molecule is O=C1CC2(CCCN(c3nc(NCc4sccc4Cl)c4ccsc4n3)CC2)CN1. The van der Waals surface area contributed by atoms with Gasteiger partial charge in [0.2, 0.25) is 11.9 Å². The van der Waals surface area contributed by atoms with Gasteiger partial charge in [0.25, 0.3) is 0 Å². The van der Waals surface area contributed by atoms with E-state index in [1.807, 2.05) is 11.4 Å². The second-order valence-corrected chi connectivity index (χ2v) is 10.2. The Morgan fingerprint density at radius 3 is 2.90 bits per heavy atom. The molecule has 0 bridgehead atoms. The van der Waals surface area contributed by atoms with Crippen molar-refractivity contribution in [1.82, 2.24) is 15.3 Å². The van der Waals surface area contributed by atoms with Gasteiger partial charge in [-0.3, -0.25) is 4.79 Å². The number of halogens is 1. The number of carbonyl (C=O) groups is 1. The summed E-state index contributed by atoms with van der Waals surface area (Å²) in [5.74, 6) is 1.81. The van der Waals surface area contributed by atoms with Crippen LogP contribution in [0.1, 0.15) is 30.6 Å². The number of amides is 1. The number of anilines is 2. The third kappa shape index (κ3) is 3.81. The number of nitrogens with zero attached hydrogens (tertiary/aromatic N) is 3. The minimum Gasteiger partial charge on any atom is -0.364 e. The standard InChI is InChI=1S/C20H22ClN5OS2/c21-14-3-9-28-15(14)11-22-17-13-2-8-29-18(13)25-19(24-17)26-6-1-4-20(5-7-26)10-16(27)23-12-20/h2-3,8-9H,1,4-7,10-12H2,(H,23,27)(H,22,24,25). The van der Waals surface area contributed by atoms with Crippen molar-refractivity contribution in [3.8, 4) is 0 Å². The summed E-state index contributed by atoms with van der Waals surface area (Å²) in [7, 11) is 0. The molecule has 2 fully saturated rings. The normalized spacial score (nSPS) is 22.2. The lowest BCUT2D eigenvalue weighted by Gasteiger charge is -2.25. The molecule has 2 aliphatic heterocycles. The van der Waals surface area contributed by atoms with Crippen molar-refractivity contribution in [3.63, 3.8) is 0 Å². The van der Waals surface area contributed by atoms with Gasteiger partial charge in [0.05, 0.1) is 17.0 Å². The lowest BCUT2D eigenvalue weighted by atomic mass is 9.80. The molecule has 152 valence electrons. The Balaban J connectivity index is 1.38.